The van der Waals surface area contributed by atoms with Crippen molar-refractivity contribution in [2.45, 2.75) is 18.3 Å². The van der Waals surface area contributed by atoms with Gasteiger partial charge in [0.2, 0.25) is 0 Å². The maximum absolute atomic E-state index is 10.2. The summed E-state index contributed by atoms with van der Waals surface area (Å²) in [4.78, 5) is 0. The fraction of sp³-hybridized carbons (Fsp3) is 0.222. The lowest BCUT2D eigenvalue weighted by atomic mass is 10.0. The predicted octanol–water partition coefficient (Wildman–Crippen LogP) is 0.627. The lowest BCUT2D eigenvalue weighted by Gasteiger charge is -2.21. The van der Waals surface area contributed by atoms with Crippen molar-refractivity contribution >= 4 is 23.3 Å². The fourth-order valence-electron chi connectivity index (χ4n) is 1.99. The molecular formula is C18H22N4O4. The molecule has 0 aliphatic heterocycles. The van der Waals surface area contributed by atoms with Crippen molar-refractivity contribution < 1.29 is 20.4 Å². The molecule has 26 heavy (non-hydrogen) atoms. The Bertz CT molecular complexity index is 710. The topological polar surface area (TPSA) is 130 Å². The van der Waals surface area contributed by atoms with Crippen LogP contribution >= 0.6 is 0 Å². The smallest absolute Gasteiger partial charge is 0.128 e. The first kappa shape index (κ1) is 19.5. The average molecular weight is 358 g/mol. The third-order valence-electron chi connectivity index (χ3n) is 3.46. The minimum Gasteiger partial charge on any atom is -0.394 e. The summed E-state index contributed by atoms with van der Waals surface area (Å²) in [6, 6.07) is 18.1. The summed E-state index contributed by atoms with van der Waals surface area (Å²) in [6.07, 6.45) is -3.47. The molecule has 0 amide bonds. The number of rotatable bonds is 9. The van der Waals surface area contributed by atoms with Crippen LogP contribution in [0.4, 0.5) is 11.4 Å². The predicted molar refractivity (Wildman–Crippen MR) is 101 cm³/mol. The van der Waals surface area contributed by atoms with Gasteiger partial charge in [0.15, 0.2) is 0 Å². The van der Waals surface area contributed by atoms with Gasteiger partial charge in [-0.05, 0) is 24.3 Å². The van der Waals surface area contributed by atoms with Crippen molar-refractivity contribution in [3.63, 3.8) is 0 Å². The summed E-state index contributed by atoms with van der Waals surface area (Å²) < 4.78 is 0. The van der Waals surface area contributed by atoms with Gasteiger partial charge in [-0.1, -0.05) is 36.4 Å². The van der Waals surface area contributed by atoms with Gasteiger partial charge >= 0.3 is 0 Å². The van der Waals surface area contributed by atoms with E-state index in [4.69, 9.17) is 5.11 Å². The molecule has 0 heterocycles. The van der Waals surface area contributed by atoms with Crippen LogP contribution in [0.2, 0.25) is 0 Å². The lowest BCUT2D eigenvalue weighted by Crippen LogP contribution is -2.44. The van der Waals surface area contributed by atoms with Crippen LogP contribution in [0.5, 0.6) is 0 Å². The highest BCUT2D eigenvalue weighted by Gasteiger charge is 2.27. The summed E-state index contributed by atoms with van der Waals surface area (Å²) in [5.74, 6) is 0. The number of para-hydroxylation sites is 2. The Balaban J connectivity index is 2.14. The van der Waals surface area contributed by atoms with E-state index in [1.807, 2.05) is 36.4 Å². The summed E-state index contributed by atoms with van der Waals surface area (Å²) in [5, 5.41) is 46.7. The Labute approximate surface area is 151 Å². The van der Waals surface area contributed by atoms with Crippen LogP contribution in [-0.2, 0) is 0 Å². The van der Waals surface area contributed by atoms with E-state index in [1.54, 1.807) is 24.3 Å². The van der Waals surface area contributed by atoms with Gasteiger partial charge in [0.05, 0.1) is 24.2 Å². The second-order valence-corrected chi connectivity index (χ2v) is 5.44. The summed E-state index contributed by atoms with van der Waals surface area (Å²) in [7, 11) is 0. The van der Waals surface area contributed by atoms with E-state index in [1.165, 1.54) is 6.21 Å². The van der Waals surface area contributed by atoms with Crippen LogP contribution in [-0.4, -0.2) is 57.3 Å². The van der Waals surface area contributed by atoms with Crippen molar-refractivity contribution in [2.75, 3.05) is 17.5 Å². The molecule has 0 saturated carbocycles. The number of aliphatic hydroxyl groups is 4. The molecule has 2 aromatic carbocycles. The highest BCUT2D eigenvalue weighted by atomic mass is 16.4. The van der Waals surface area contributed by atoms with E-state index >= 15 is 0 Å². The normalized spacial score (nSPS) is 15.5. The first-order valence-corrected chi connectivity index (χ1v) is 7.99. The molecule has 2 rings (SSSR count). The maximum atomic E-state index is 10.2. The van der Waals surface area contributed by atoms with Gasteiger partial charge in [-0.2, -0.15) is 10.2 Å². The number of nitrogens with one attached hydrogen (secondary N) is 2. The Morgan fingerprint density at radius 3 is 1.96 bits per heavy atom. The minimum atomic E-state index is -1.63. The van der Waals surface area contributed by atoms with Crippen molar-refractivity contribution in [3.05, 3.63) is 60.7 Å². The molecule has 0 spiro atoms. The van der Waals surface area contributed by atoms with E-state index in [0.29, 0.717) is 5.69 Å². The van der Waals surface area contributed by atoms with Crippen molar-refractivity contribution in [3.8, 4) is 0 Å². The quantitative estimate of drug-likeness (QED) is 0.288. The van der Waals surface area contributed by atoms with Crippen molar-refractivity contribution in [2.24, 2.45) is 10.2 Å². The van der Waals surface area contributed by atoms with Crippen LogP contribution < -0.4 is 10.9 Å². The monoisotopic (exact) mass is 358 g/mol. The molecule has 0 aromatic heterocycles. The van der Waals surface area contributed by atoms with Crippen molar-refractivity contribution in [1.82, 2.24) is 0 Å². The van der Waals surface area contributed by atoms with E-state index < -0.39 is 24.9 Å². The molecule has 0 aliphatic rings. The lowest BCUT2D eigenvalue weighted by molar-refractivity contribution is -0.0548. The third-order valence-corrected chi connectivity index (χ3v) is 3.46. The molecule has 3 atom stereocenters. The number of hydrogen-bond acceptors (Lipinski definition) is 8. The number of benzene rings is 2. The Hall–Kier alpha value is -2.78. The minimum absolute atomic E-state index is 0.0303. The highest BCUT2D eigenvalue weighted by Crippen LogP contribution is 2.08. The summed E-state index contributed by atoms with van der Waals surface area (Å²) in [5.41, 5.74) is 6.87. The van der Waals surface area contributed by atoms with Gasteiger partial charge in [-0.15, -0.1) is 0 Å². The zero-order valence-electron chi connectivity index (χ0n) is 14.0. The molecule has 0 bridgehead atoms. The van der Waals surface area contributed by atoms with Crippen LogP contribution in [0, 0.1) is 0 Å². The summed E-state index contributed by atoms with van der Waals surface area (Å²) >= 11 is 0. The first-order chi connectivity index (χ1) is 12.6. The van der Waals surface area contributed by atoms with Gasteiger partial charge in [0.25, 0.3) is 0 Å². The molecule has 0 unspecified atom stereocenters. The number of hydrogen-bond donors (Lipinski definition) is 6. The van der Waals surface area contributed by atoms with Crippen LogP contribution in [0.1, 0.15) is 0 Å². The molecule has 0 aliphatic carbocycles. The molecule has 8 nitrogen and oxygen atoms in total. The molecule has 6 N–H and O–H groups in total. The molecule has 0 saturated heterocycles. The van der Waals surface area contributed by atoms with Crippen LogP contribution in [0.25, 0.3) is 0 Å². The van der Waals surface area contributed by atoms with Crippen LogP contribution in [0.3, 0.4) is 0 Å². The van der Waals surface area contributed by atoms with Gasteiger partial charge in [0, 0.05) is 0 Å². The van der Waals surface area contributed by atoms with Gasteiger partial charge in [-0.25, -0.2) is 0 Å². The average Bonchev–Trinajstić information content (AvgIpc) is 2.70. The Kier molecular flexibility index (Phi) is 7.72. The zero-order valence-corrected chi connectivity index (χ0v) is 14.0. The first-order valence-electron chi connectivity index (χ1n) is 7.99. The van der Waals surface area contributed by atoms with Gasteiger partial charge in [0.1, 0.15) is 24.0 Å². The second-order valence-electron chi connectivity index (χ2n) is 5.44. The van der Waals surface area contributed by atoms with E-state index in [-0.39, 0.29) is 5.71 Å². The van der Waals surface area contributed by atoms with Gasteiger partial charge < -0.3 is 20.4 Å². The Morgan fingerprint density at radius 1 is 0.885 bits per heavy atom. The second kappa shape index (κ2) is 10.3. The molecule has 0 radical (unpaired) electrons. The number of nitrogens with zero attached hydrogens (tertiary/aromatic N) is 2. The molecule has 0 fully saturated rings. The SMILES string of the molecule is OC[C@@H](O)[C@@H](O)[C@H](O)C(/C=N/Nc1ccccc1)=NNc1ccccc1. The molecular weight excluding hydrogens is 336 g/mol. The molecule has 2 aromatic rings. The van der Waals surface area contributed by atoms with Crippen LogP contribution in [0.15, 0.2) is 70.9 Å². The summed E-state index contributed by atoms with van der Waals surface area (Å²) in [6.45, 7) is -0.697. The largest absolute Gasteiger partial charge is 0.394 e. The standard InChI is InChI=1S/C18H22N4O4/c23-12-16(24)18(26)17(25)15(22-21-14-9-5-2-6-10-14)11-19-20-13-7-3-1-4-8-13/h1-11,16-18,20-21,23-26H,12H2/b19-11+,22-15?/t16-,17-,18-/m1/s1. The van der Waals surface area contributed by atoms with E-state index in [2.05, 4.69) is 21.1 Å². The Morgan fingerprint density at radius 2 is 1.42 bits per heavy atom. The third kappa shape index (κ3) is 5.94. The number of hydrazone groups is 2. The maximum Gasteiger partial charge on any atom is 0.128 e. The molecule has 138 valence electrons. The zero-order chi connectivity index (χ0) is 18.8. The molecule has 8 heteroatoms. The van der Waals surface area contributed by atoms with Gasteiger partial charge in [-0.3, -0.25) is 10.9 Å². The van der Waals surface area contributed by atoms with E-state index in [9.17, 15) is 15.3 Å². The van der Waals surface area contributed by atoms with Crippen molar-refractivity contribution in [1.29, 1.82) is 0 Å². The van der Waals surface area contributed by atoms with E-state index in [0.717, 1.165) is 5.69 Å². The highest BCUT2D eigenvalue weighted by molar-refractivity contribution is 6.33. The number of aliphatic hydroxyl groups excluding tert-OH is 4. The number of anilines is 2. The fourth-order valence-corrected chi connectivity index (χ4v) is 1.99.